The summed E-state index contributed by atoms with van der Waals surface area (Å²) in [6.45, 7) is 6.69. The molecule has 2 aliphatic heterocycles. The van der Waals surface area contributed by atoms with Crippen molar-refractivity contribution < 1.29 is 9.53 Å². The first kappa shape index (κ1) is 14.6. The third kappa shape index (κ3) is 2.38. The van der Waals surface area contributed by atoms with E-state index in [0.29, 0.717) is 17.3 Å². The molecule has 2 atom stereocenters. The van der Waals surface area contributed by atoms with E-state index < -0.39 is 0 Å². The maximum atomic E-state index is 13.1. The van der Waals surface area contributed by atoms with E-state index in [1.54, 1.807) is 0 Å². The molecule has 0 radical (unpaired) electrons. The molecule has 0 spiro atoms. The van der Waals surface area contributed by atoms with Gasteiger partial charge in [0.15, 0.2) is 0 Å². The highest BCUT2D eigenvalue weighted by atomic mass is 32.2. The number of nitrogens with zero attached hydrogens (tertiary/aromatic N) is 2. The van der Waals surface area contributed by atoms with Crippen LogP contribution in [0.3, 0.4) is 0 Å². The van der Waals surface area contributed by atoms with Crippen LogP contribution in [0.5, 0.6) is 0 Å². The number of ether oxygens (including phenoxy) is 1. The van der Waals surface area contributed by atoms with Crippen molar-refractivity contribution in [1.29, 1.82) is 0 Å². The molecular formula is C17H24N2O2S. The summed E-state index contributed by atoms with van der Waals surface area (Å²) in [6.07, 6.45) is 3.49. The Hall–Kier alpha value is -0.940. The zero-order valence-corrected chi connectivity index (χ0v) is 14.2. The van der Waals surface area contributed by atoms with Crippen LogP contribution in [0.4, 0.5) is 0 Å². The Balaban J connectivity index is 1.62. The predicted molar refractivity (Wildman–Crippen MR) is 88.7 cm³/mol. The topological polar surface area (TPSA) is 34.5 Å². The average Bonchev–Trinajstić information content (AvgIpc) is 3.32. The molecule has 0 bridgehead atoms. The summed E-state index contributed by atoms with van der Waals surface area (Å²) < 4.78 is 7.96. The molecule has 2 saturated heterocycles. The number of carbonyl (C=O) groups is 1. The highest BCUT2D eigenvalue weighted by Crippen LogP contribution is 2.39. The van der Waals surface area contributed by atoms with Gasteiger partial charge < -0.3 is 14.2 Å². The molecule has 1 saturated carbocycles. The Morgan fingerprint density at radius 1 is 1.32 bits per heavy atom. The van der Waals surface area contributed by atoms with Crippen LogP contribution in [0, 0.1) is 13.8 Å². The van der Waals surface area contributed by atoms with E-state index in [9.17, 15) is 4.79 Å². The Kier molecular flexibility index (Phi) is 3.73. The van der Waals surface area contributed by atoms with Gasteiger partial charge in [0.2, 0.25) is 0 Å². The lowest BCUT2D eigenvalue weighted by atomic mass is 10.0. The van der Waals surface area contributed by atoms with Crippen LogP contribution in [0.1, 0.15) is 47.1 Å². The fourth-order valence-electron chi connectivity index (χ4n) is 3.98. The molecule has 120 valence electrons. The van der Waals surface area contributed by atoms with Gasteiger partial charge in [0.25, 0.3) is 5.91 Å². The molecule has 1 aromatic rings. The molecule has 3 aliphatic rings. The van der Waals surface area contributed by atoms with Crippen molar-refractivity contribution in [3.05, 3.63) is 23.0 Å². The van der Waals surface area contributed by atoms with Gasteiger partial charge in [-0.1, -0.05) is 0 Å². The van der Waals surface area contributed by atoms with Crippen molar-refractivity contribution in [3.8, 4) is 0 Å². The van der Waals surface area contributed by atoms with Crippen molar-refractivity contribution in [2.45, 2.75) is 50.4 Å². The molecule has 4 nitrogen and oxygen atoms in total. The van der Waals surface area contributed by atoms with E-state index in [2.05, 4.69) is 29.4 Å². The predicted octanol–water partition coefficient (Wildman–Crippen LogP) is 2.79. The molecular weight excluding hydrogens is 296 g/mol. The molecule has 1 aliphatic carbocycles. The largest absolute Gasteiger partial charge is 0.380 e. The highest BCUT2D eigenvalue weighted by molar-refractivity contribution is 8.00. The van der Waals surface area contributed by atoms with E-state index >= 15 is 0 Å². The first-order valence-corrected chi connectivity index (χ1v) is 9.40. The quantitative estimate of drug-likeness (QED) is 0.840. The Labute approximate surface area is 136 Å². The summed E-state index contributed by atoms with van der Waals surface area (Å²) >= 11 is 1.97. The zero-order chi connectivity index (χ0) is 15.3. The monoisotopic (exact) mass is 320 g/mol. The molecule has 1 aromatic heterocycles. The number of hydrogen-bond donors (Lipinski definition) is 0. The van der Waals surface area contributed by atoms with E-state index in [4.69, 9.17) is 4.74 Å². The summed E-state index contributed by atoms with van der Waals surface area (Å²) in [4.78, 5) is 15.3. The maximum Gasteiger partial charge on any atom is 0.255 e. The summed E-state index contributed by atoms with van der Waals surface area (Å²) in [7, 11) is 0. The zero-order valence-electron chi connectivity index (χ0n) is 13.4. The summed E-state index contributed by atoms with van der Waals surface area (Å²) in [5.41, 5.74) is 3.31. The Morgan fingerprint density at radius 3 is 2.91 bits per heavy atom. The number of aromatic nitrogens is 1. The lowest BCUT2D eigenvalue weighted by Gasteiger charge is -2.43. The van der Waals surface area contributed by atoms with Crippen LogP contribution in [0.25, 0.3) is 0 Å². The number of amides is 1. The lowest BCUT2D eigenvalue weighted by Crippen LogP contribution is -2.54. The Morgan fingerprint density at radius 2 is 2.14 bits per heavy atom. The van der Waals surface area contributed by atoms with Gasteiger partial charge >= 0.3 is 0 Å². The molecule has 3 fully saturated rings. The van der Waals surface area contributed by atoms with Crippen molar-refractivity contribution in [2.75, 3.05) is 25.5 Å². The second-order valence-corrected chi connectivity index (χ2v) is 8.07. The highest BCUT2D eigenvalue weighted by Gasteiger charge is 2.38. The number of thioether (sulfide) groups is 1. The molecule has 0 unspecified atom stereocenters. The van der Waals surface area contributed by atoms with Crippen LogP contribution in [-0.4, -0.2) is 52.2 Å². The van der Waals surface area contributed by atoms with Gasteiger partial charge in [-0.2, -0.15) is 11.8 Å². The number of carbonyl (C=O) groups excluding carboxylic acids is 1. The Bertz CT molecular complexity index is 592. The summed E-state index contributed by atoms with van der Waals surface area (Å²) in [5.74, 6) is 1.26. The minimum absolute atomic E-state index is 0.234. The smallest absolute Gasteiger partial charge is 0.255 e. The van der Waals surface area contributed by atoms with Gasteiger partial charge in [0.05, 0.1) is 12.2 Å². The van der Waals surface area contributed by atoms with Gasteiger partial charge in [-0.05, 0) is 39.2 Å². The molecule has 1 amide bonds. The number of aryl methyl sites for hydroxylation is 1. The minimum atomic E-state index is 0.234. The van der Waals surface area contributed by atoms with E-state index in [-0.39, 0.29) is 5.91 Å². The minimum Gasteiger partial charge on any atom is -0.380 e. The second-order valence-electron chi connectivity index (χ2n) is 6.72. The summed E-state index contributed by atoms with van der Waals surface area (Å²) in [5, 5.41) is 0.457. The maximum absolute atomic E-state index is 13.1. The molecule has 0 N–H and O–H groups in total. The molecule has 4 rings (SSSR count). The molecule has 5 heteroatoms. The van der Waals surface area contributed by atoms with Crippen molar-refractivity contribution in [3.63, 3.8) is 0 Å². The van der Waals surface area contributed by atoms with Gasteiger partial charge in [-0.25, -0.2) is 0 Å². The van der Waals surface area contributed by atoms with Crippen LogP contribution in [0.15, 0.2) is 6.07 Å². The van der Waals surface area contributed by atoms with Gasteiger partial charge in [-0.15, -0.1) is 0 Å². The molecule has 22 heavy (non-hydrogen) atoms. The number of rotatable bonds is 2. The third-order valence-corrected chi connectivity index (χ3v) is 6.52. The fraction of sp³-hybridized carbons (Fsp3) is 0.706. The number of fused-ring (bicyclic) bond motifs is 1. The average molecular weight is 320 g/mol. The normalized spacial score (nSPS) is 28.5. The van der Waals surface area contributed by atoms with Crippen molar-refractivity contribution >= 4 is 17.7 Å². The van der Waals surface area contributed by atoms with Crippen molar-refractivity contribution in [2.24, 2.45) is 0 Å². The fourth-order valence-corrected chi connectivity index (χ4v) is 5.28. The van der Waals surface area contributed by atoms with Crippen molar-refractivity contribution in [1.82, 2.24) is 9.47 Å². The van der Waals surface area contributed by atoms with E-state index in [1.165, 1.54) is 18.5 Å². The van der Waals surface area contributed by atoms with E-state index in [0.717, 1.165) is 43.2 Å². The van der Waals surface area contributed by atoms with Gasteiger partial charge in [0, 0.05) is 47.6 Å². The van der Waals surface area contributed by atoms with Crippen LogP contribution < -0.4 is 0 Å². The molecule has 0 aromatic carbocycles. The summed E-state index contributed by atoms with van der Waals surface area (Å²) in [6, 6.07) is 3.09. The van der Waals surface area contributed by atoms with Gasteiger partial charge in [0.1, 0.15) is 0 Å². The number of hydrogen-bond acceptors (Lipinski definition) is 3. The van der Waals surface area contributed by atoms with Crippen LogP contribution in [-0.2, 0) is 4.74 Å². The third-order valence-electron chi connectivity index (χ3n) is 5.22. The van der Waals surface area contributed by atoms with Crippen LogP contribution in [0.2, 0.25) is 0 Å². The first-order valence-electron chi connectivity index (χ1n) is 8.35. The van der Waals surface area contributed by atoms with Crippen LogP contribution >= 0.6 is 11.8 Å². The lowest BCUT2D eigenvalue weighted by molar-refractivity contribution is 0.0318. The first-order chi connectivity index (χ1) is 10.7. The standard InChI is InChI=1S/C17H24N2O2S/c1-11-9-14(12(2)19(11)13-3-4-13)17(20)18-6-8-22-16-10-21-7-5-15(16)18/h9,13,15-16H,3-8,10H2,1-2H3/t15-,16-/m0/s1. The van der Waals surface area contributed by atoms with E-state index in [1.807, 2.05) is 11.8 Å². The second kappa shape index (κ2) is 5.60. The van der Waals surface area contributed by atoms with Gasteiger partial charge in [-0.3, -0.25) is 4.79 Å². The SMILES string of the molecule is Cc1cc(C(=O)N2CCS[C@H]3COCC[C@@H]32)c(C)n1C1CC1. The molecule has 3 heterocycles.